The molecule has 0 atom stereocenters. The fourth-order valence-corrected chi connectivity index (χ4v) is 3.08. The molecule has 0 fully saturated rings. The van der Waals surface area contributed by atoms with Gasteiger partial charge in [-0.2, -0.15) is 0 Å². The Labute approximate surface area is 137 Å². The smallest absolute Gasteiger partial charge is 0.356 e. The molecule has 0 saturated heterocycles. The Morgan fingerprint density at radius 2 is 1.83 bits per heavy atom. The lowest BCUT2D eigenvalue weighted by Crippen LogP contribution is -2.15. The first-order valence-electron chi connectivity index (χ1n) is 6.74. The maximum atomic E-state index is 12.0. The molecule has 0 aliphatic rings. The summed E-state index contributed by atoms with van der Waals surface area (Å²) in [5.74, 6) is -1.23. The minimum atomic E-state index is -4.04. The van der Waals surface area contributed by atoms with Crippen LogP contribution in [0, 0.1) is 0 Å². The van der Waals surface area contributed by atoms with Gasteiger partial charge >= 0.3 is 5.97 Å². The third-order valence-electron chi connectivity index (χ3n) is 3.37. The molecule has 0 aliphatic carbocycles. The maximum absolute atomic E-state index is 12.0. The number of aromatic nitrogens is 3. The zero-order valence-electron chi connectivity index (χ0n) is 12.2. The van der Waals surface area contributed by atoms with Gasteiger partial charge in [0.15, 0.2) is 5.69 Å². The first-order valence-corrected chi connectivity index (χ1v) is 8.29. The lowest BCUT2D eigenvalue weighted by atomic mass is 10.1. The number of carboxylic acid groups (broad SMARTS) is 1. The number of hydrogen-bond donors (Lipinski definition) is 2. The first-order chi connectivity index (χ1) is 11.4. The largest absolute Gasteiger partial charge is 0.476 e. The van der Waals surface area contributed by atoms with Crippen molar-refractivity contribution in [1.29, 1.82) is 0 Å². The molecule has 3 aromatic rings. The Bertz CT molecular complexity index is 1010. The number of carbonyl (C=O) groups is 1. The predicted octanol–water partition coefficient (Wildman–Crippen LogP) is 1.28. The number of rotatable bonds is 4. The van der Waals surface area contributed by atoms with E-state index in [1.165, 1.54) is 6.07 Å². The van der Waals surface area contributed by atoms with E-state index >= 15 is 0 Å². The minimum Gasteiger partial charge on any atom is -0.476 e. The van der Waals surface area contributed by atoms with Crippen molar-refractivity contribution in [1.82, 2.24) is 15.0 Å². The second-order valence-electron chi connectivity index (χ2n) is 4.93. The van der Waals surface area contributed by atoms with Crippen molar-refractivity contribution in [2.75, 3.05) is 0 Å². The van der Waals surface area contributed by atoms with E-state index in [0.717, 1.165) is 10.9 Å². The van der Waals surface area contributed by atoms with Gasteiger partial charge in [0.1, 0.15) is 0 Å². The van der Waals surface area contributed by atoms with Crippen molar-refractivity contribution in [3.8, 4) is 16.8 Å². The molecule has 9 heteroatoms. The van der Waals surface area contributed by atoms with Crippen molar-refractivity contribution < 1.29 is 18.3 Å². The van der Waals surface area contributed by atoms with Crippen LogP contribution in [0.1, 0.15) is 10.5 Å². The van der Waals surface area contributed by atoms with Crippen molar-refractivity contribution in [3.63, 3.8) is 0 Å². The molecule has 0 aliphatic heterocycles. The molecule has 2 aromatic carbocycles. The maximum Gasteiger partial charge on any atom is 0.356 e. The number of aromatic carboxylic acids is 1. The van der Waals surface area contributed by atoms with Crippen LogP contribution in [0.4, 0.5) is 0 Å². The molecule has 0 saturated carbocycles. The SMILES string of the molecule is NS(=O)(=O)c1cc(-n2nncc2C(=O)O)ccc1-c1ccccc1. The minimum absolute atomic E-state index is 0.127. The van der Waals surface area contributed by atoms with Crippen molar-refractivity contribution in [2.24, 2.45) is 5.14 Å². The van der Waals surface area contributed by atoms with Gasteiger partial charge in [-0.1, -0.05) is 41.6 Å². The fourth-order valence-electron chi connectivity index (χ4n) is 2.31. The molecule has 0 bridgehead atoms. The first kappa shape index (κ1) is 15.8. The highest BCUT2D eigenvalue weighted by Gasteiger charge is 2.19. The summed E-state index contributed by atoms with van der Waals surface area (Å²) in [5.41, 5.74) is 1.13. The summed E-state index contributed by atoms with van der Waals surface area (Å²) in [4.78, 5) is 11.1. The van der Waals surface area contributed by atoms with E-state index in [1.807, 2.05) is 6.07 Å². The van der Waals surface area contributed by atoms with Crippen molar-refractivity contribution in [2.45, 2.75) is 4.90 Å². The van der Waals surface area contributed by atoms with Gasteiger partial charge < -0.3 is 5.11 Å². The van der Waals surface area contributed by atoms with Crippen molar-refractivity contribution in [3.05, 3.63) is 60.4 Å². The zero-order valence-corrected chi connectivity index (χ0v) is 13.0. The molecule has 3 rings (SSSR count). The summed E-state index contributed by atoms with van der Waals surface area (Å²) in [7, 11) is -4.04. The van der Waals surface area contributed by atoms with Gasteiger partial charge in [0.05, 0.1) is 16.8 Å². The lowest BCUT2D eigenvalue weighted by Gasteiger charge is -2.11. The van der Waals surface area contributed by atoms with Gasteiger partial charge in [-0.05, 0) is 17.7 Å². The third-order valence-corrected chi connectivity index (χ3v) is 4.32. The second-order valence-corrected chi connectivity index (χ2v) is 6.46. The zero-order chi connectivity index (χ0) is 17.3. The number of nitrogens with two attached hydrogens (primary N) is 1. The van der Waals surface area contributed by atoms with Crippen LogP contribution in [0.5, 0.6) is 0 Å². The summed E-state index contributed by atoms with van der Waals surface area (Å²) in [6, 6.07) is 13.2. The molecule has 0 unspecified atom stereocenters. The highest BCUT2D eigenvalue weighted by atomic mass is 32.2. The quantitative estimate of drug-likeness (QED) is 0.733. The van der Waals surface area contributed by atoms with Crippen LogP contribution >= 0.6 is 0 Å². The van der Waals surface area contributed by atoms with Crippen LogP contribution in [-0.2, 0) is 10.0 Å². The Kier molecular flexibility index (Phi) is 3.87. The standard InChI is InChI=1S/C15H12N4O4S/c16-24(22,23)14-8-11(19-13(15(20)21)9-17-18-19)6-7-12(14)10-4-2-1-3-5-10/h1-9H,(H,20,21)(H2,16,22,23). The molecular weight excluding hydrogens is 332 g/mol. The molecule has 8 nitrogen and oxygen atoms in total. The highest BCUT2D eigenvalue weighted by Crippen LogP contribution is 2.28. The van der Waals surface area contributed by atoms with Crippen LogP contribution in [-0.4, -0.2) is 34.5 Å². The summed E-state index contributed by atoms with van der Waals surface area (Å²) < 4.78 is 25.0. The number of hydrogen-bond acceptors (Lipinski definition) is 5. The molecule has 0 amide bonds. The number of primary sulfonamides is 1. The molecular formula is C15H12N4O4S. The molecule has 3 N–H and O–H groups in total. The fraction of sp³-hybridized carbons (Fsp3) is 0. The summed E-state index contributed by atoms with van der Waals surface area (Å²) in [6.07, 6.45) is 1.07. The Balaban J connectivity index is 2.23. The van der Waals surface area contributed by atoms with Crippen LogP contribution in [0.3, 0.4) is 0 Å². The van der Waals surface area contributed by atoms with Crippen LogP contribution in [0.25, 0.3) is 16.8 Å². The lowest BCUT2D eigenvalue weighted by molar-refractivity contribution is 0.0687. The molecule has 0 spiro atoms. The average Bonchev–Trinajstić information content (AvgIpc) is 3.04. The molecule has 122 valence electrons. The van der Waals surface area contributed by atoms with Gasteiger partial charge in [0.2, 0.25) is 10.0 Å². The van der Waals surface area contributed by atoms with Gasteiger partial charge in [-0.3, -0.25) is 0 Å². The van der Waals surface area contributed by atoms with E-state index in [4.69, 9.17) is 10.2 Å². The summed E-state index contributed by atoms with van der Waals surface area (Å²) in [5, 5.41) is 21.7. The Morgan fingerprint density at radius 1 is 1.12 bits per heavy atom. The number of benzene rings is 2. The topological polar surface area (TPSA) is 128 Å². The van der Waals surface area contributed by atoms with Crippen LogP contribution in [0.15, 0.2) is 59.6 Å². The molecule has 24 heavy (non-hydrogen) atoms. The van der Waals surface area contributed by atoms with E-state index in [2.05, 4.69) is 10.3 Å². The monoisotopic (exact) mass is 344 g/mol. The van der Waals surface area contributed by atoms with Gasteiger partial charge in [0.25, 0.3) is 0 Å². The number of carboxylic acids is 1. The van der Waals surface area contributed by atoms with E-state index in [1.54, 1.807) is 36.4 Å². The average molecular weight is 344 g/mol. The number of nitrogens with zero attached hydrogens (tertiary/aromatic N) is 3. The Morgan fingerprint density at radius 3 is 2.46 bits per heavy atom. The second kappa shape index (κ2) is 5.87. The van der Waals surface area contributed by atoms with Crippen LogP contribution in [0.2, 0.25) is 0 Å². The van der Waals surface area contributed by atoms with Gasteiger partial charge in [0, 0.05) is 5.56 Å². The summed E-state index contributed by atoms with van der Waals surface area (Å²) in [6.45, 7) is 0. The summed E-state index contributed by atoms with van der Waals surface area (Å²) >= 11 is 0. The van der Waals surface area contributed by atoms with Gasteiger partial charge in [-0.25, -0.2) is 23.0 Å². The van der Waals surface area contributed by atoms with E-state index in [9.17, 15) is 13.2 Å². The molecule has 1 aromatic heterocycles. The molecule has 0 radical (unpaired) electrons. The highest BCUT2D eigenvalue weighted by molar-refractivity contribution is 7.89. The van der Waals surface area contributed by atoms with Crippen LogP contribution < -0.4 is 5.14 Å². The van der Waals surface area contributed by atoms with E-state index < -0.39 is 16.0 Å². The normalized spacial score (nSPS) is 11.4. The predicted molar refractivity (Wildman–Crippen MR) is 85.1 cm³/mol. The third kappa shape index (κ3) is 2.90. The molecule has 1 heterocycles. The van der Waals surface area contributed by atoms with E-state index in [0.29, 0.717) is 11.1 Å². The van der Waals surface area contributed by atoms with E-state index in [-0.39, 0.29) is 16.3 Å². The number of sulfonamides is 1. The Hall–Kier alpha value is -3.04. The van der Waals surface area contributed by atoms with Gasteiger partial charge in [-0.15, -0.1) is 5.10 Å². The van der Waals surface area contributed by atoms with Crippen molar-refractivity contribution >= 4 is 16.0 Å².